The van der Waals surface area contributed by atoms with Crippen molar-refractivity contribution in [3.8, 4) is 11.8 Å². The molecule has 0 atom stereocenters. The smallest absolute Gasteiger partial charge is 0.0542 e. The standard InChI is InChI=1S/C36H37NS2/c1-2-3-4-5-6-7-8-9-10-11-13-27-17-19-31-33(25-27)38-36-32-20-18-28(26-34(32)39-35(31)36)15-16-29-21-23-37-22-12-14-30(37)24-29/h12,14,17-26H,2-11,13H2,1H3. The van der Waals surface area contributed by atoms with Crippen LogP contribution in [0.25, 0.3) is 35.1 Å². The van der Waals surface area contributed by atoms with Crippen LogP contribution in [0.1, 0.15) is 87.8 Å². The summed E-state index contributed by atoms with van der Waals surface area (Å²) in [5, 5.41) is 2.78. The molecule has 0 amide bonds. The van der Waals surface area contributed by atoms with Crippen molar-refractivity contribution in [2.45, 2.75) is 77.6 Å². The van der Waals surface area contributed by atoms with Gasteiger partial charge in [-0.05, 0) is 60.9 Å². The molecule has 3 heteroatoms. The SMILES string of the molecule is CCCCCCCCCCCCc1ccc2c(c1)sc1c3ccc(C#Cc4ccn5cccc5c4)cc3sc21. The zero-order valence-electron chi connectivity index (χ0n) is 23.0. The molecule has 0 saturated heterocycles. The summed E-state index contributed by atoms with van der Waals surface area (Å²) >= 11 is 3.88. The van der Waals surface area contributed by atoms with Crippen molar-refractivity contribution in [2.24, 2.45) is 0 Å². The van der Waals surface area contributed by atoms with E-state index in [1.54, 1.807) is 0 Å². The summed E-state index contributed by atoms with van der Waals surface area (Å²) < 4.78 is 7.74. The number of thiophene rings is 2. The fraction of sp³-hybridized carbons (Fsp3) is 0.333. The second-order valence-electron chi connectivity index (χ2n) is 10.8. The predicted molar refractivity (Wildman–Crippen MR) is 174 cm³/mol. The molecule has 39 heavy (non-hydrogen) atoms. The van der Waals surface area contributed by atoms with Crippen molar-refractivity contribution in [2.75, 3.05) is 0 Å². The zero-order chi connectivity index (χ0) is 26.4. The average molecular weight is 548 g/mol. The summed E-state index contributed by atoms with van der Waals surface area (Å²) in [6, 6.07) is 22.3. The van der Waals surface area contributed by atoms with Gasteiger partial charge in [0.05, 0.1) is 9.40 Å². The maximum atomic E-state index is 3.39. The number of rotatable bonds is 11. The predicted octanol–water partition coefficient (Wildman–Crippen LogP) is 11.4. The summed E-state index contributed by atoms with van der Waals surface area (Å²) in [6.45, 7) is 2.29. The molecule has 0 radical (unpaired) electrons. The fourth-order valence-electron chi connectivity index (χ4n) is 5.61. The van der Waals surface area contributed by atoms with Crippen molar-refractivity contribution in [1.82, 2.24) is 4.40 Å². The van der Waals surface area contributed by atoms with Gasteiger partial charge in [0.25, 0.3) is 0 Å². The maximum Gasteiger partial charge on any atom is 0.0542 e. The van der Waals surface area contributed by atoms with Gasteiger partial charge >= 0.3 is 0 Å². The van der Waals surface area contributed by atoms with E-state index >= 15 is 0 Å². The number of aryl methyl sites for hydroxylation is 1. The molecule has 0 unspecified atom stereocenters. The fourth-order valence-corrected chi connectivity index (χ4v) is 8.36. The van der Waals surface area contributed by atoms with Gasteiger partial charge in [0.15, 0.2) is 0 Å². The van der Waals surface area contributed by atoms with E-state index < -0.39 is 0 Å². The van der Waals surface area contributed by atoms with Gasteiger partial charge in [-0.2, -0.15) is 0 Å². The Hall–Kier alpha value is -3.06. The Balaban J connectivity index is 1.09. The number of nitrogens with zero attached hydrogens (tertiary/aromatic N) is 1. The lowest BCUT2D eigenvalue weighted by Gasteiger charge is -2.03. The summed E-state index contributed by atoms with van der Waals surface area (Å²) in [5.41, 5.74) is 4.80. The molecule has 6 rings (SSSR count). The first-order chi connectivity index (χ1) is 19.3. The first-order valence-corrected chi connectivity index (χ1v) is 16.4. The molecule has 1 nitrogen and oxygen atoms in total. The number of pyridine rings is 1. The third-order valence-electron chi connectivity index (χ3n) is 7.85. The molecule has 0 saturated carbocycles. The van der Waals surface area contributed by atoms with Crippen LogP contribution in [-0.4, -0.2) is 4.40 Å². The number of hydrogen-bond acceptors (Lipinski definition) is 2. The van der Waals surface area contributed by atoms with Crippen molar-refractivity contribution in [3.63, 3.8) is 0 Å². The van der Waals surface area contributed by atoms with Crippen LogP contribution in [-0.2, 0) is 6.42 Å². The molecule has 4 aromatic heterocycles. The summed E-state index contributed by atoms with van der Waals surface area (Å²) in [7, 11) is 0. The van der Waals surface area contributed by atoms with Crippen LogP contribution >= 0.6 is 22.7 Å². The van der Waals surface area contributed by atoms with E-state index in [1.807, 2.05) is 22.7 Å². The maximum absolute atomic E-state index is 3.39. The Morgan fingerprint density at radius 2 is 1.26 bits per heavy atom. The van der Waals surface area contributed by atoms with E-state index in [-0.39, 0.29) is 0 Å². The first-order valence-electron chi connectivity index (χ1n) is 14.7. The van der Waals surface area contributed by atoms with E-state index in [1.165, 1.54) is 111 Å². The molecule has 0 aliphatic rings. The molecule has 4 heterocycles. The van der Waals surface area contributed by atoms with Crippen molar-refractivity contribution < 1.29 is 0 Å². The third-order valence-corrected chi connectivity index (χ3v) is 10.3. The summed E-state index contributed by atoms with van der Waals surface area (Å²) in [5.74, 6) is 6.74. The molecule has 2 aromatic carbocycles. The van der Waals surface area contributed by atoms with Crippen LogP contribution in [0, 0.1) is 11.8 Å². The van der Waals surface area contributed by atoms with Gasteiger partial charge in [-0.15, -0.1) is 22.7 Å². The van der Waals surface area contributed by atoms with Gasteiger partial charge < -0.3 is 4.40 Å². The van der Waals surface area contributed by atoms with Gasteiger partial charge in [0, 0.05) is 49.2 Å². The molecule has 0 aliphatic carbocycles. The second-order valence-corrected chi connectivity index (χ2v) is 12.9. The zero-order valence-corrected chi connectivity index (χ0v) is 24.6. The van der Waals surface area contributed by atoms with E-state index in [0.717, 1.165) is 11.1 Å². The van der Waals surface area contributed by atoms with Crippen LogP contribution in [0.2, 0.25) is 0 Å². The van der Waals surface area contributed by atoms with E-state index in [2.05, 4.69) is 96.2 Å². The Morgan fingerprint density at radius 3 is 2.00 bits per heavy atom. The summed E-state index contributed by atoms with van der Waals surface area (Å²) in [6.07, 6.45) is 19.3. The van der Waals surface area contributed by atoms with Crippen molar-refractivity contribution >= 4 is 57.8 Å². The molecule has 6 aromatic rings. The quantitative estimate of drug-likeness (QED) is 0.112. The van der Waals surface area contributed by atoms with Gasteiger partial charge in [-0.25, -0.2) is 0 Å². The minimum Gasteiger partial charge on any atom is -0.324 e. The molecule has 0 bridgehead atoms. The van der Waals surface area contributed by atoms with E-state index in [9.17, 15) is 0 Å². The molecule has 0 spiro atoms. The van der Waals surface area contributed by atoms with E-state index in [4.69, 9.17) is 0 Å². The Morgan fingerprint density at radius 1 is 0.615 bits per heavy atom. The molecule has 0 N–H and O–H groups in total. The van der Waals surface area contributed by atoms with E-state index in [0.29, 0.717) is 0 Å². The van der Waals surface area contributed by atoms with Gasteiger partial charge in [0.2, 0.25) is 0 Å². The van der Waals surface area contributed by atoms with Crippen molar-refractivity contribution in [1.29, 1.82) is 0 Å². The highest BCUT2D eigenvalue weighted by atomic mass is 32.1. The van der Waals surface area contributed by atoms with Gasteiger partial charge in [0.1, 0.15) is 0 Å². The molecular weight excluding hydrogens is 511 g/mol. The number of fused-ring (bicyclic) bond motifs is 6. The lowest BCUT2D eigenvalue weighted by molar-refractivity contribution is 0.556. The average Bonchev–Trinajstić information content (AvgIpc) is 3.66. The Bertz CT molecular complexity index is 1770. The van der Waals surface area contributed by atoms with Crippen LogP contribution in [0.3, 0.4) is 0 Å². The molecular formula is C36H37NS2. The lowest BCUT2D eigenvalue weighted by Crippen LogP contribution is -1.86. The van der Waals surface area contributed by atoms with Gasteiger partial charge in [-0.1, -0.05) is 94.8 Å². The monoisotopic (exact) mass is 547 g/mol. The topological polar surface area (TPSA) is 4.41 Å². The highest BCUT2D eigenvalue weighted by Gasteiger charge is 2.12. The van der Waals surface area contributed by atoms with Crippen molar-refractivity contribution in [3.05, 3.63) is 89.7 Å². The number of aromatic nitrogens is 1. The molecule has 0 aliphatic heterocycles. The van der Waals surface area contributed by atoms with Crippen LogP contribution in [0.4, 0.5) is 0 Å². The minimum absolute atomic E-state index is 1.05. The normalized spacial score (nSPS) is 11.6. The summed E-state index contributed by atoms with van der Waals surface area (Å²) in [4.78, 5) is 0. The largest absolute Gasteiger partial charge is 0.324 e. The Labute approximate surface area is 240 Å². The molecule has 198 valence electrons. The number of hydrogen-bond donors (Lipinski definition) is 0. The Kier molecular flexibility index (Phi) is 8.33. The van der Waals surface area contributed by atoms with Gasteiger partial charge in [-0.3, -0.25) is 0 Å². The molecule has 0 fully saturated rings. The highest BCUT2D eigenvalue weighted by Crippen LogP contribution is 2.44. The van der Waals surface area contributed by atoms with Crippen LogP contribution < -0.4 is 0 Å². The number of benzene rings is 2. The number of unbranched alkanes of at least 4 members (excludes halogenated alkanes) is 9. The van der Waals surface area contributed by atoms with Crippen LogP contribution in [0.15, 0.2) is 73.1 Å². The first kappa shape index (κ1) is 26.2. The highest BCUT2D eigenvalue weighted by molar-refractivity contribution is 7.36. The third kappa shape index (κ3) is 6.08. The lowest BCUT2D eigenvalue weighted by atomic mass is 10.0. The minimum atomic E-state index is 1.05. The second kappa shape index (κ2) is 12.4. The van der Waals surface area contributed by atoms with Crippen LogP contribution in [0.5, 0.6) is 0 Å².